The molecule has 0 saturated heterocycles. The molecule has 2 amide bonds. The van der Waals surface area contributed by atoms with E-state index in [0.29, 0.717) is 5.82 Å². The first-order valence-corrected chi connectivity index (χ1v) is 4.65. The standard InChI is InChI=1S/C7H7N5OS/c8-7(13)12-11-6-5-4(1-2-14-5)3-9-10-6/h1-3H,(H,10,11)(H3,8,12,13). The van der Waals surface area contributed by atoms with E-state index in [-0.39, 0.29) is 0 Å². The van der Waals surface area contributed by atoms with Crippen molar-refractivity contribution in [3.05, 3.63) is 17.6 Å². The number of nitrogens with one attached hydrogen (secondary N) is 2. The highest BCUT2D eigenvalue weighted by molar-refractivity contribution is 7.17. The fraction of sp³-hybridized carbons (Fsp3) is 0. The quantitative estimate of drug-likeness (QED) is 0.634. The van der Waals surface area contributed by atoms with Crippen LogP contribution in [0.2, 0.25) is 0 Å². The zero-order chi connectivity index (χ0) is 9.97. The molecule has 14 heavy (non-hydrogen) atoms. The third-order valence-electron chi connectivity index (χ3n) is 1.57. The van der Waals surface area contributed by atoms with Gasteiger partial charge < -0.3 is 5.73 Å². The number of primary amides is 1. The number of aromatic nitrogens is 2. The lowest BCUT2D eigenvalue weighted by atomic mass is 10.4. The Morgan fingerprint density at radius 3 is 3.21 bits per heavy atom. The highest BCUT2D eigenvalue weighted by Crippen LogP contribution is 2.24. The lowest BCUT2D eigenvalue weighted by molar-refractivity contribution is 0.250. The maximum absolute atomic E-state index is 10.5. The average molecular weight is 209 g/mol. The topological polar surface area (TPSA) is 92.9 Å². The zero-order valence-electron chi connectivity index (χ0n) is 7.02. The van der Waals surface area contributed by atoms with Crippen LogP contribution in [-0.2, 0) is 0 Å². The lowest BCUT2D eigenvalue weighted by Gasteiger charge is -2.04. The van der Waals surface area contributed by atoms with Crippen LogP contribution in [-0.4, -0.2) is 16.2 Å². The van der Waals surface area contributed by atoms with E-state index in [1.54, 1.807) is 6.20 Å². The third kappa shape index (κ3) is 1.57. The van der Waals surface area contributed by atoms with E-state index in [4.69, 9.17) is 5.73 Å². The number of fused-ring (bicyclic) bond motifs is 1. The SMILES string of the molecule is NC(=O)NNc1nncc2ccsc12. The number of carbonyl (C=O) groups excluding carboxylic acids is 1. The van der Waals surface area contributed by atoms with Crippen molar-refractivity contribution in [2.75, 3.05) is 5.43 Å². The summed E-state index contributed by atoms with van der Waals surface area (Å²) in [6.45, 7) is 0. The summed E-state index contributed by atoms with van der Waals surface area (Å²) in [6.07, 6.45) is 1.65. The predicted octanol–water partition coefficient (Wildman–Crippen LogP) is 0.687. The molecule has 0 bridgehead atoms. The van der Waals surface area contributed by atoms with Gasteiger partial charge in [-0.1, -0.05) is 0 Å². The largest absolute Gasteiger partial charge is 0.350 e. The Kier molecular flexibility index (Phi) is 2.15. The molecule has 4 N–H and O–H groups in total. The van der Waals surface area contributed by atoms with Gasteiger partial charge in [0.2, 0.25) is 0 Å². The summed E-state index contributed by atoms with van der Waals surface area (Å²) in [6, 6.07) is 1.25. The van der Waals surface area contributed by atoms with Crippen LogP contribution in [0.15, 0.2) is 17.6 Å². The summed E-state index contributed by atoms with van der Waals surface area (Å²) in [5.41, 5.74) is 9.72. The van der Waals surface area contributed by atoms with Gasteiger partial charge in [0.1, 0.15) is 0 Å². The second kappa shape index (κ2) is 3.46. The molecule has 0 radical (unpaired) electrons. The summed E-state index contributed by atoms with van der Waals surface area (Å²) >= 11 is 1.51. The van der Waals surface area contributed by atoms with Crippen LogP contribution in [0.4, 0.5) is 10.6 Å². The second-order valence-corrected chi connectivity index (χ2v) is 3.43. The maximum Gasteiger partial charge on any atom is 0.330 e. The van der Waals surface area contributed by atoms with Crippen LogP contribution in [0.3, 0.4) is 0 Å². The fourth-order valence-corrected chi connectivity index (χ4v) is 1.82. The minimum Gasteiger partial charge on any atom is -0.350 e. The van der Waals surface area contributed by atoms with E-state index in [2.05, 4.69) is 21.0 Å². The Balaban J connectivity index is 2.32. The van der Waals surface area contributed by atoms with Crippen molar-refractivity contribution in [2.24, 2.45) is 5.73 Å². The molecule has 0 aromatic carbocycles. The number of urea groups is 1. The molecule has 2 aromatic rings. The molecule has 0 unspecified atom stereocenters. The molecule has 0 fully saturated rings. The maximum atomic E-state index is 10.5. The third-order valence-corrected chi connectivity index (χ3v) is 2.51. The molecule has 0 saturated carbocycles. The van der Waals surface area contributed by atoms with Crippen LogP contribution in [0.25, 0.3) is 10.1 Å². The van der Waals surface area contributed by atoms with E-state index in [1.165, 1.54) is 11.3 Å². The van der Waals surface area contributed by atoms with Gasteiger partial charge in [-0.05, 0) is 11.4 Å². The average Bonchev–Trinajstić information content (AvgIpc) is 2.62. The van der Waals surface area contributed by atoms with Crippen LogP contribution in [0, 0.1) is 0 Å². The van der Waals surface area contributed by atoms with Gasteiger partial charge in [0.05, 0.1) is 10.9 Å². The number of rotatable bonds is 2. The van der Waals surface area contributed by atoms with Crippen molar-refractivity contribution < 1.29 is 4.79 Å². The van der Waals surface area contributed by atoms with Crippen molar-refractivity contribution >= 4 is 33.3 Å². The Labute approximate surface area is 83.1 Å². The summed E-state index contributed by atoms with van der Waals surface area (Å²) in [7, 11) is 0. The molecule has 2 heterocycles. The fourth-order valence-electron chi connectivity index (χ4n) is 1.01. The number of thiophene rings is 1. The number of amides is 2. The summed E-state index contributed by atoms with van der Waals surface area (Å²) in [5, 5.41) is 10.5. The molecule has 0 aliphatic heterocycles. The molecule has 0 aliphatic rings. The molecule has 0 atom stereocenters. The first-order chi connectivity index (χ1) is 6.77. The monoisotopic (exact) mass is 209 g/mol. The van der Waals surface area contributed by atoms with Crippen LogP contribution in [0.1, 0.15) is 0 Å². The first-order valence-electron chi connectivity index (χ1n) is 3.78. The molecule has 0 spiro atoms. The Bertz CT molecular complexity index is 468. The van der Waals surface area contributed by atoms with Crippen molar-refractivity contribution in [1.82, 2.24) is 15.6 Å². The van der Waals surface area contributed by atoms with Gasteiger partial charge in [0.15, 0.2) is 5.82 Å². The molecule has 72 valence electrons. The van der Waals surface area contributed by atoms with Crippen LogP contribution in [0.5, 0.6) is 0 Å². The highest BCUT2D eigenvalue weighted by atomic mass is 32.1. The number of nitrogens with two attached hydrogens (primary N) is 1. The molecule has 6 nitrogen and oxygen atoms in total. The van der Waals surface area contributed by atoms with Gasteiger partial charge in [-0.25, -0.2) is 4.79 Å². The number of hydrazine groups is 1. The normalized spacial score (nSPS) is 10.0. The molecule has 2 rings (SSSR count). The van der Waals surface area contributed by atoms with Crippen molar-refractivity contribution in [3.8, 4) is 0 Å². The van der Waals surface area contributed by atoms with Crippen molar-refractivity contribution in [2.45, 2.75) is 0 Å². The van der Waals surface area contributed by atoms with Gasteiger partial charge in [-0.2, -0.15) is 5.10 Å². The minimum atomic E-state index is -0.666. The molecular formula is C7H7N5OS. The zero-order valence-corrected chi connectivity index (χ0v) is 7.84. The lowest BCUT2D eigenvalue weighted by Crippen LogP contribution is -2.34. The number of hydrogen-bond donors (Lipinski definition) is 3. The van der Waals surface area contributed by atoms with E-state index in [0.717, 1.165) is 10.1 Å². The predicted molar refractivity (Wildman–Crippen MR) is 53.8 cm³/mol. The van der Waals surface area contributed by atoms with E-state index < -0.39 is 6.03 Å². The van der Waals surface area contributed by atoms with Gasteiger partial charge in [-0.15, -0.1) is 16.4 Å². The van der Waals surface area contributed by atoms with E-state index in [1.807, 2.05) is 11.4 Å². The molecule has 0 aliphatic carbocycles. The van der Waals surface area contributed by atoms with Gasteiger partial charge in [0, 0.05) is 5.39 Å². The van der Waals surface area contributed by atoms with Gasteiger partial charge >= 0.3 is 6.03 Å². The minimum absolute atomic E-state index is 0.497. The summed E-state index contributed by atoms with van der Waals surface area (Å²) < 4.78 is 0.925. The van der Waals surface area contributed by atoms with E-state index >= 15 is 0 Å². The van der Waals surface area contributed by atoms with Crippen molar-refractivity contribution in [3.63, 3.8) is 0 Å². The Morgan fingerprint density at radius 1 is 1.57 bits per heavy atom. The highest BCUT2D eigenvalue weighted by Gasteiger charge is 2.03. The van der Waals surface area contributed by atoms with Gasteiger partial charge in [0.25, 0.3) is 0 Å². The smallest absolute Gasteiger partial charge is 0.330 e. The second-order valence-electron chi connectivity index (χ2n) is 2.51. The molecule has 7 heteroatoms. The number of hydrogen-bond acceptors (Lipinski definition) is 5. The van der Waals surface area contributed by atoms with Crippen LogP contribution < -0.4 is 16.6 Å². The van der Waals surface area contributed by atoms with Gasteiger partial charge in [-0.3, -0.25) is 10.9 Å². The van der Waals surface area contributed by atoms with Crippen molar-refractivity contribution in [1.29, 1.82) is 0 Å². The number of nitrogens with zero attached hydrogens (tertiary/aromatic N) is 2. The Hall–Kier alpha value is -1.89. The van der Waals surface area contributed by atoms with Crippen LogP contribution >= 0.6 is 11.3 Å². The number of anilines is 1. The first kappa shape index (κ1) is 8.70. The molecule has 2 aromatic heterocycles. The molecular weight excluding hydrogens is 202 g/mol. The number of carbonyl (C=O) groups is 1. The summed E-state index contributed by atoms with van der Waals surface area (Å²) in [5.74, 6) is 0.497. The Morgan fingerprint density at radius 2 is 2.43 bits per heavy atom. The summed E-state index contributed by atoms with van der Waals surface area (Å²) in [4.78, 5) is 10.5. The van der Waals surface area contributed by atoms with E-state index in [9.17, 15) is 4.79 Å².